The number of hydrogen-bond acceptors (Lipinski definition) is 3. The molecule has 0 bridgehead atoms. The SMILES string of the molecule is C/C=C(\C)N(CCC)C(=O)c1c(C)c(C(F)(F)F)nn1-c1cccc(C(N)=O)c1. The van der Waals surface area contributed by atoms with Crippen molar-refractivity contribution in [1.29, 1.82) is 0 Å². The van der Waals surface area contributed by atoms with Gasteiger partial charge in [0, 0.05) is 23.4 Å². The molecular weight excluding hydrogens is 385 g/mol. The van der Waals surface area contributed by atoms with Crippen LogP contribution in [0.15, 0.2) is 36.0 Å². The summed E-state index contributed by atoms with van der Waals surface area (Å²) in [5.41, 5.74) is 4.48. The predicted molar refractivity (Wildman–Crippen MR) is 103 cm³/mol. The fourth-order valence-corrected chi connectivity index (χ4v) is 2.94. The lowest BCUT2D eigenvalue weighted by atomic mass is 10.1. The Morgan fingerprint density at radius 3 is 2.48 bits per heavy atom. The number of benzene rings is 1. The van der Waals surface area contributed by atoms with Crippen LogP contribution in [0.25, 0.3) is 5.69 Å². The number of primary amides is 1. The van der Waals surface area contributed by atoms with Gasteiger partial charge in [-0.05, 0) is 45.4 Å². The number of nitrogens with two attached hydrogens (primary N) is 1. The second-order valence-electron chi connectivity index (χ2n) is 6.53. The Hall–Kier alpha value is -3.10. The lowest BCUT2D eigenvalue weighted by Gasteiger charge is -2.23. The molecule has 29 heavy (non-hydrogen) atoms. The van der Waals surface area contributed by atoms with Gasteiger partial charge in [0.15, 0.2) is 5.69 Å². The molecule has 0 saturated heterocycles. The van der Waals surface area contributed by atoms with Gasteiger partial charge in [-0.25, -0.2) is 4.68 Å². The molecular formula is C20H23F3N4O2. The van der Waals surface area contributed by atoms with E-state index in [1.54, 1.807) is 19.9 Å². The van der Waals surface area contributed by atoms with Gasteiger partial charge < -0.3 is 10.6 Å². The standard InChI is InChI=1S/C20H23F3N4O2/c1-5-10-26(12(3)6-2)19(29)16-13(4)17(20(21,22)23)25-27(16)15-9-7-8-14(11-15)18(24)28/h6-9,11H,5,10H2,1-4H3,(H2,24,28)/b12-6+. The number of aromatic nitrogens is 2. The van der Waals surface area contributed by atoms with Gasteiger partial charge in [0.05, 0.1) is 5.69 Å². The highest BCUT2D eigenvalue weighted by molar-refractivity contribution is 5.96. The minimum atomic E-state index is -4.74. The minimum absolute atomic E-state index is 0.0951. The molecule has 6 nitrogen and oxygen atoms in total. The Balaban J connectivity index is 2.76. The predicted octanol–water partition coefficient (Wildman–Crippen LogP) is 4.07. The van der Waals surface area contributed by atoms with Crippen molar-refractivity contribution in [2.24, 2.45) is 5.73 Å². The van der Waals surface area contributed by atoms with Gasteiger partial charge in [0.2, 0.25) is 5.91 Å². The third kappa shape index (κ3) is 4.49. The lowest BCUT2D eigenvalue weighted by Crippen LogP contribution is -2.32. The highest BCUT2D eigenvalue weighted by Gasteiger charge is 2.40. The summed E-state index contributed by atoms with van der Waals surface area (Å²) in [5, 5.41) is 3.67. The molecule has 0 aliphatic carbocycles. The zero-order valence-corrected chi connectivity index (χ0v) is 16.7. The van der Waals surface area contributed by atoms with Crippen LogP contribution in [0.2, 0.25) is 0 Å². The highest BCUT2D eigenvalue weighted by Crippen LogP contribution is 2.34. The molecule has 0 unspecified atom stereocenters. The summed E-state index contributed by atoms with van der Waals surface area (Å²) in [6, 6.07) is 5.66. The lowest BCUT2D eigenvalue weighted by molar-refractivity contribution is -0.141. The van der Waals surface area contributed by atoms with Crippen molar-refractivity contribution in [1.82, 2.24) is 14.7 Å². The van der Waals surface area contributed by atoms with Gasteiger partial charge in [-0.3, -0.25) is 9.59 Å². The number of allylic oxidation sites excluding steroid dienone is 2. The van der Waals surface area contributed by atoms with Crippen molar-refractivity contribution in [3.63, 3.8) is 0 Å². The number of nitrogens with zero attached hydrogens (tertiary/aromatic N) is 3. The second-order valence-corrected chi connectivity index (χ2v) is 6.53. The van der Waals surface area contributed by atoms with Crippen molar-refractivity contribution in [2.75, 3.05) is 6.54 Å². The summed E-state index contributed by atoms with van der Waals surface area (Å²) >= 11 is 0. The summed E-state index contributed by atoms with van der Waals surface area (Å²) in [6.45, 7) is 6.87. The highest BCUT2D eigenvalue weighted by atomic mass is 19.4. The first-order valence-electron chi connectivity index (χ1n) is 9.04. The van der Waals surface area contributed by atoms with Crippen LogP contribution in [0.4, 0.5) is 13.2 Å². The molecule has 1 aromatic carbocycles. The number of hydrogen-bond donors (Lipinski definition) is 1. The topological polar surface area (TPSA) is 81.2 Å². The molecule has 0 fully saturated rings. The number of carbonyl (C=O) groups excluding carboxylic acids is 2. The quantitative estimate of drug-likeness (QED) is 0.782. The first-order chi connectivity index (χ1) is 13.5. The molecule has 2 amide bonds. The zero-order valence-electron chi connectivity index (χ0n) is 16.7. The Labute approximate surface area is 166 Å². The molecule has 1 heterocycles. The van der Waals surface area contributed by atoms with Gasteiger partial charge in [-0.15, -0.1) is 0 Å². The van der Waals surface area contributed by atoms with Crippen molar-refractivity contribution in [3.8, 4) is 5.69 Å². The number of carbonyl (C=O) groups is 2. The zero-order chi connectivity index (χ0) is 21.9. The number of alkyl halides is 3. The van der Waals surface area contributed by atoms with E-state index >= 15 is 0 Å². The van der Waals surface area contributed by atoms with Crippen molar-refractivity contribution in [3.05, 3.63) is 58.6 Å². The van der Waals surface area contributed by atoms with E-state index in [9.17, 15) is 22.8 Å². The normalized spacial score (nSPS) is 12.2. The largest absolute Gasteiger partial charge is 0.435 e. The molecule has 9 heteroatoms. The molecule has 0 radical (unpaired) electrons. The maximum absolute atomic E-state index is 13.5. The maximum Gasteiger partial charge on any atom is 0.435 e. The fourth-order valence-electron chi connectivity index (χ4n) is 2.94. The van der Waals surface area contributed by atoms with Gasteiger partial charge in [-0.2, -0.15) is 18.3 Å². The summed E-state index contributed by atoms with van der Waals surface area (Å²) in [4.78, 5) is 26.2. The monoisotopic (exact) mass is 408 g/mol. The summed E-state index contributed by atoms with van der Waals surface area (Å²) in [5.74, 6) is -1.34. The van der Waals surface area contributed by atoms with Crippen LogP contribution in [-0.4, -0.2) is 33.0 Å². The van der Waals surface area contributed by atoms with Gasteiger partial charge in [0.1, 0.15) is 5.69 Å². The number of halogens is 3. The van der Waals surface area contributed by atoms with E-state index in [2.05, 4.69) is 5.10 Å². The van der Waals surface area contributed by atoms with E-state index in [1.165, 1.54) is 36.1 Å². The summed E-state index contributed by atoms with van der Waals surface area (Å²) in [7, 11) is 0. The van der Waals surface area contributed by atoms with E-state index in [0.717, 1.165) is 4.68 Å². The molecule has 2 N–H and O–H groups in total. The third-order valence-corrected chi connectivity index (χ3v) is 4.50. The van der Waals surface area contributed by atoms with Crippen molar-refractivity contribution < 1.29 is 22.8 Å². The molecule has 0 spiro atoms. The number of amides is 2. The fraction of sp³-hybridized carbons (Fsp3) is 0.350. The molecule has 0 aliphatic rings. The van der Waals surface area contributed by atoms with Gasteiger partial charge >= 0.3 is 6.18 Å². The van der Waals surface area contributed by atoms with Gasteiger partial charge in [-0.1, -0.05) is 19.1 Å². The molecule has 2 aromatic rings. The Morgan fingerprint density at radius 2 is 1.97 bits per heavy atom. The van der Waals surface area contributed by atoms with E-state index in [4.69, 9.17) is 5.73 Å². The van der Waals surface area contributed by atoms with E-state index in [0.29, 0.717) is 18.7 Å². The average Bonchev–Trinajstić information content (AvgIpc) is 3.02. The van der Waals surface area contributed by atoms with Crippen LogP contribution in [0, 0.1) is 6.92 Å². The summed E-state index contributed by atoms with van der Waals surface area (Å²) in [6.07, 6.45) is -2.41. The van der Waals surface area contributed by atoms with Gasteiger partial charge in [0.25, 0.3) is 5.91 Å². The molecule has 156 valence electrons. The molecule has 0 aliphatic heterocycles. The van der Waals surface area contributed by atoms with Crippen LogP contribution in [0.3, 0.4) is 0 Å². The molecule has 2 rings (SSSR count). The van der Waals surface area contributed by atoms with E-state index in [1.807, 2.05) is 6.92 Å². The number of rotatable bonds is 6. The molecule has 0 saturated carbocycles. The van der Waals surface area contributed by atoms with Crippen LogP contribution >= 0.6 is 0 Å². The van der Waals surface area contributed by atoms with Crippen molar-refractivity contribution in [2.45, 2.75) is 40.3 Å². The molecule has 0 atom stereocenters. The Kier molecular flexibility index (Phi) is 6.51. The Bertz CT molecular complexity index is 961. The summed E-state index contributed by atoms with van der Waals surface area (Å²) < 4.78 is 41.5. The van der Waals surface area contributed by atoms with Crippen LogP contribution in [0.5, 0.6) is 0 Å². The van der Waals surface area contributed by atoms with Crippen LogP contribution in [-0.2, 0) is 6.18 Å². The van der Waals surface area contributed by atoms with Crippen molar-refractivity contribution >= 4 is 11.8 Å². The Morgan fingerprint density at radius 1 is 1.31 bits per heavy atom. The molecule has 1 aromatic heterocycles. The van der Waals surface area contributed by atoms with Crippen LogP contribution in [0.1, 0.15) is 59.3 Å². The average molecular weight is 408 g/mol. The maximum atomic E-state index is 13.5. The first kappa shape index (κ1) is 22.2. The van der Waals surface area contributed by atoms with Crippen LogP contribution < -0.4 is 5.73 Å². The van der Waals surface area contributed by atoms with E-state index < -0.39 is 23.7 Å². The van der Waals surface area contributed by atoms with E-state index in [-0.39, 0.29) is 22.5 Å². The second kappa shape index (κ2) is 8.50. The third-order valence-electron chi connectivity index (χ3n) is 4.50. The first-order valence-corrected chi connectivity index (χ1v) is 9.04. The smallest absolute Gasteiger partial charge is 0.366 e. The minimum Gasteiger partial charge on any atom is -0.366 e.